The van der Waals surface area contributed by atoms with Crippen LogP contribution in [0, 0.1) is 0 Å². The summed E-state index contributed by atoms with van der Waals surface area (Å²) in [4.78, 5) is 13.0. The molecule has 8 heteroatoms. The van der Waals surface area contributed by atoms with E-state index < -0.39 is 10.0 Å². The normalized spacial score (nSPS) is 16.8. The number of anilines is 1. The van der Waals surface area contributed by atoms with Crippen molar-refractivity contribution in [1.29, 1.82) is 0 Å². The van der Waals surface area contributed by atoms with Gasteiger partial charge in [-0.25, -0.2) is 8.42 Å². The smallest absolute Gasteiger partial charge is 0.255 e. The van der Waals surface area contributed by atoms with Gasteiger partial charge in [-0.1, -0.05) is 24.6 Å². The van der Waals surface area contributed by atoms with E-state index in [-0.39, 0.29) is 17.4 Å². The van der Waals surface area contributed by atoms with E-state index in [1.165, 1.54) is 23.5 Å². The van der Waals surface area contributed by atoms with Crippen LogP contribution in [0.4, 0.5) is 5.69 Å². The van der Waals surface area contributed by atoms with Crippen LogP contribution in [0.15, 0.2) is 52.9 Å². The number of fused-ring (bicyclic) bond motifs is 1. The Balaban J connectivity index is 1.60. The molecule has 2 heterocycles. The van der Waals surface area contributed by atoms with Gasteiger partial charge < -0.3 is 14.8 Å². The molecule has 0 atom stereocenters. The van der Waals surface area contributed by atoms with E-state index >= 15 is 0 Å². The highest BCUT2D eigenvalue weighted by atomic mass is 32.2. The molecular formula is C22H24N2O5S. The number of methoxy groups -OCH3 is 1. The summed E-state index contributed by atoms with van der Waals surface area (Å²) in [5.74, 6) is 0.746. The lowest BCUT2D eigenvalue weighted by molar-refractivity contribution is -0.113. The lowest BCUT2D eigenvalue weighted by atomic mass is 10.1. The number of sulfonamides is 1. The molecule has 0 bridgehead atoms. The molecule has 2 aliphatic rings. The number of para-hydroxylation sites is 1. The van der Waals surface area contributed by atoms with Gasteiger partial charge in [0.25, 0.3) is 5.91 Å². The van der Waals surface area contributed by atoms with E-state index in [2.05, 4.69) is 5.32 Å². The van der Waals surface area contributed by atoms with Gasteiger partial charge in [-0.15, -0.1) is 0 Å². The second-order valence-corrected chi connectivity index (χ2v) is 9.21. The number of carbonyl (C=O) groups is 1. The molecule has 158 valence electrons. The van der Waals surface area contributed by atoms with E-state index in [4.69, 9.17) is 9.47 Å². The second-order valence-electron chi connectivity index (χ2n) is 7.28. The minimum atomic E-state index is -3.62. The van der Waals surface area contributed by atoms with Gasteiger partial charge in [-0.2, -0.15) is 4.31 Å². The quantitative estimate of drug-likeness (QED) is 0.790. The van der Waals surface area contributed by atoms with Crippen LogP contribution in [0.5, 0.6) is 11.5 Å². The topological polar surface area (TPSA) is 84.9 Å². The van der Waals surface area contributed by atoms with Gasteiger partial charge in [0.05, 0.1) is 23.3 Å². The van der Waals surface area contributed by atoms with E-state index in [1.807, 2.05) is 24.3 Å². The Labute approximate surface area is 176 Å². The first kappa shape index (κ1) is 20.4. The molecule has 7 nitrogen and oxygen atoms in total. The first-order chi connectivity index (χ1) is 14.5. The average Bonchev–Trinajstić information content (AvgIpc) is 2.79. The average molecular weight is 429 g/mol. The summed E-state index contributed by atoms with van der Waals surface area (Å²) in [5, 5.41) is 2.78. The highest BCUT2D eigenvalue weighted by molar-refractivity contribution is 7.89. The maximum absolute atomic E-state index is 13.0. The number of rotatable bonds is 5. The summed E-state index contributed by atoms with van der Waals surface area (Å²) >= 11 is 0. The van der Waals surface area contributed by atoms with Crippen molar-refractivity contribution in [3.63, 3.8) is 0 Å². The molecule has 1 fully saturated rings. The van der Waals surface area contributed by atoms with Crippen LogP contribution < -0.4 is 14.8 Å². The van der Waals surface area contributed by atoms with Crippen molar-refractivity contribution in [3.05, 3.63) is 53.6 Å². The number of benzene rings is 2. The number of hydrogen-bond donors (Lipinski definition) is 1. The van der Waals surface area contributed by atoms with Crippen molar-refractivity contribution in [1.82, 2.24) is 4.31 Å². The van der Waals surface area contributed by atoms with E-state index in [0.717, 1.165) is 30.6 Å². The van der Waals surface area contributed by atoms with Gasteiger partial charge in [0.2, 0.25) is 10.0 Å². The molecule has 2 aliphatic heterocycles. The molecule has 30 heavy (non-hydrogen) atoms. The third-order valence-electron chi connectivity index (χ3n) is 5.30. The van der Waals surface area contributed by atoms with Gasteiger partial charge in [0.15, 0.2) is 0 Å². The number of nitrogens with one attached hydrogen (secondary N) is 1. The van der Waals surface area contributed by atoms with Crippen molar-refractivity contribution in [2.75, 3.05) is 32.1 Å². The van der Waals surface area contributed by atoms with Crippen molar-refractivity contribution in [2.45, 2.75) is 24.2 Å². The molecule has 0 radical (unpaired) electrons. The zero-order valence-electron chi connectivity index (χ0n) is 16.8. The van der Waals surface area contributed by atoms with E-state index in [9.17, 15) is 13.2 Å². The van der Waals surface area contributed by atoms with Crippen LogP contribution in [-0.4, -0.2) is 45.4 Å². The molecule has 1 N–H and O–H groups in total. The molecular weight excluding hydrogens is 404 g/mol. The van der Waals surface area contributed by atoms with Crippen LogP contribution in [0.2, 0.25) is 0 Å². The van der Waals surface area contributed by atoms with Gasteiger partial charge in [-0.05, 0) is 43.2 Å². The van der Waals surface area contributed by atoms with Crippen molar-refractivity contribution in [3.8, 4) is 11.5 Å². The highest BCUT2D eigenvalue weighted by Gasteiger charge is 2.27. The second kappa shape index (κ2) is 8.49. The maximum Gasteiger partial charge on any atom is 0.255 e. The summed E-state index contributed by atoms with van der Waals surface area (Å²) in [6.45, 7) is 1.16. The summed E-state index contributed by atoms with van der Waals surface area (Å²) in [6.07, 6.45) is 4.52. The highest BCUT2D eigenvalue weighted by Crippen LogP contribution is 2.31. The molecule has 1 amide bonds. The van der Waals surface area contributed by atoms with Crippen molar-refractivity contribution in [2.24, 2.45) is 0 Å². The minimum Gasteiger partial charge on any atom is -0.495 e. The molecule has 4 rings (SSSR count). The number of nitrogens with zero attached hydrogens (tertiary/aromatic N) is 1. The van der Waals surface area contributed by atoms with Gasteiger partial charge in [-0.3, -0.25) is 4.79 Å². The SMILES string of the molecule is COc1ccc(S(=O)(=O)N2CCCCC2)cc1NC(=O)C1=Cc2ccccc2OC1. The fourth-order valence-corrected chi connectivity index (χ4v) is 5.19. The third kappa shape index (κ3) is 4.06. The fourth-order valence-electron chi connectivity index (χ4n) is 3.65. The Bertz CT molecular complexity index is 1090. The zero-order valence-corrected chi connectivity index (χ0v) is 17.6. The van der Waals surface area contributed by atoms with Gasteiger partial charge >= 0.3 is 0 Å². The molecule has 2 aromatic rings. The third-order valence-corrected chi connectivity index (χ3v) is 7.19. The largest absolute Gasteiger partial charge is 0.495 e. The molecule has 2 aromatic carbocycles. The van der Waals surface area contributed by atoms with Crippen LogP contribution in [0.1, 0.15) is 24.8 Å². The first-order valence-electron chi connectivity index (χ1n) is 9.91. The minimum absolute atomic E-state index is 0.136. The number of amides is 1. The Morgan fingerprint density at radius 3 is 2.63 bits per heavy atom. The number of hydrogen-bond acceptors (Lipinski definition) is 5. The monoisotopic (exact) mass is 428 g/mol. The summed E-state index contributed by atoms with van der Waals surface area (Å²) < 4.78 is 38.5. The van der Waals surface area contributed by atoms with E-state index in [1.54, 1.807) is 12.1 Å². The summed E-state index contributed by atoms with van der Waals surface area (Å²) in [5.41, 5.74) is 1.57. The van der Waals surface area contributed by atoms with Crippen molar-refractivity contribution < 1.29 is 22.7 Å². The Kier molecular flexibility index (Phi) is 5.78. The van der Waals surface area contributed by atoms with Crippen molar-refractivity contribution >= 4 is 27.7 Å². The number of carbonyl (C=O) groups excluding carboxylic acids is 1. The van der Waals surface area contributed by atoms with Gasteiger partial charge in [0.1, 0.15) is 18.1 Å². The van der Waals surface area contributed by atoms with Crippen LogP contribution in [0.25, 0.3) is 6.08 Å². The summed E-state index contributed by atoms with van der Waals surface area (Å²) in [7, 11) is -2.15. The standard InChI is InChI=1S/C22H24N2O5S/c1-28-21-10-9-18(30(26,27)24-11-5-2-6-12-24)14-19(21)23-22(25)17-13-16-7-3-4-8-20(16)29-15-17/h3-4,7-10,13-14H,2,5-6,11-12,15H2,1H3,(H,23,25). The Morgan fingerprint density at radius 1 is 1.10 bits per heavy atom. The molecule has 0 aromatic heterocycles. The lowest BCUT2D eigenvalue weighted by Gasteiger charge is -2.26. The predicted octanol–water partition coefficient (Wildman–Crippen LogP) is 3.28. The number of ether oxygens (including phenoxy) is 2. The summed E-state index contributed by atoms with van der Waals surface area (Å²) in [6, 6.07) is 12.0. The number of piperidine rings is 1. The Hall–Kier alpha value is -2.84. The van der Waals surface area contributed by atoms with Gasteiger partial charge in [0, 0.05) is 18.7 Å². The van der Waals surface area contributed by atoms with Crippen LogP contribution in [-0.2, 0) is 14.8 Å². The fraction of sp³-hybridized carbons (Fsp3) is 0.318. The van der Waals surface area contributed by atoms with Crippen LogP contribution in [0.3, 0.4) is 0 Å². The van der Waals surface area contributed by atoms with E-state index in [0.29, 0.717) is 30.1 Å². The predicted molar refractivity (Wildman–Crippen MR) is 114 cm³/mol. The lowest BCUT2D eigenvalue weighted by Crippen LogP contribution is -2.35. The molecule has 0 saturated carbocycles. The maximum atomic E-state index is 13.0. The Morgan fingerprint density at radius 2 is 1.87 bits per heavy atom. The molecule has 0 spiro atoms. The van der Waals surface area contributed by atoms with Crippen LogP contribution >= 0.6 is 0 Å². The molecule has 1 saturated heterocycles. The molecule has 0 aliphatic carbocycles. The zero-order chi connectivity index (χ0) is 21.1. The first-order valence-corrected chi connectivity index (χ1v) is 11.3. The molecule has 0 unspecified atom stereocenters.